The van der Waals surface area contributed by atoms with Gasteiger partial charge in [-0.05, 0) is 118 Å². The Balaban J connectivity index is 1.42. The molecule has 56 heavy (non-hydrogen) atoms. The van der Waals surface area contributed by atoms with E-state index in [2.05, 4.69) is 64.9 Å². The molecule has 1 amide bonds. The van der Waals surface area contributed by atoms with Crippen LogP contribution in [0.1, 0.15) is 131 Å². The third kappa shape index (κ3) is 14.8. The maximum atomic E-state index is 12.8. The number of hydrogen-bond acceptors (Lipinski definition) is 11. The van der Waals surface area contributed by atoms with Crippen LogP contribution in [0.5, 0.6) is 0 Å². The maximum absolute atomic E-state index is 12.8. The number of nitrogens with one attached hydrogen (secondary N) is 7. The van der Waals surface area contributed by atoms with Crippen molar-refractivity contribution in [3.05, 3.63) is 89.5 Å². The number of carbonyl (C=O) groups excluding carboxylic acids is 3. The van der Waals surface area contributed by atoms with Crippen molar-refractivity contribution < 1.29 is 23.9 Å². The minimum atomic E-state index is -0.432. The number of rotatable bonds is 21. The van der Waals surface area contributed by atoms with Gasteiger partial charge in [0.1, 0.15) is 18.9 Å². The third-order valence-corrected chi connectivity index (χ3v) is 9.80. The topological polar surface area (TPSA) is 154 Å². The summed E-state index contributed by atoms with van der Waals surface area (Å²) in [4.78, 5) is 38.3. The molecule has 4 unspecified atom stereocenters. The van der Waals surface area contributed by atoms with Crippen LogP contribution in [0.4, 0.5) is 17.1 Å². The standard InChI is InChI=1S/C44H65N7O5/c1-8-12-14-30(10-3)28-55-39(53)33-18-24-36(25-19-33)46-42-48-41(45-35-22-16-32(17-23-35)38(52)51-44(5,6)7)49-43(50-42)47-37-26-20-34(21-27-37)40(54)56-29-31(11-4)15-13-9-2/h16-27,30-31,41-43,45-50H,8-15,28-29H2,1-7H3,(H,51,52). The summed E-state index contributed by atoms with van der Waals surface area (Å²) in [6.45, 7) is 15.3. The van der Waals surface area contributed by atoms with Gasteiger partial charge in [-0.25, -0.2) is 9.59 Å². The minimum Gasteiger partial charge on any atom is -0.462 e. The van der Waals surface area contributed by atoms with Gasteiger partial charge in [-0.2, -0.15) is 0 Å². The molecule has 12 heteroatoms. The number of hydrogen-bond donors (Lipinski definition) is 7. The average molecular weight is 772 g/mol. The lowest BCUT2D eigenvalue weighted by molar-refractivity contribution is 0.0419. The van der Waals surface area contributed by atoms with Gasteiger partial charge >= 0.3 is 11.9 Å². The van der Waals surface area contributed by atoms with E-state index in [0.717, 1.165) is 68.4 Å². The van der Waals surface area contributed by atoms with E-state index in [0.29, 0.717) is 41.7 Å². The van der Waals surface area contributed by atoms with Crippen LogP contribution in [0.2, 0.25) is 0 Å². The lowest BCUT2D eigenvalue weighted by Gasteiger charge is -2.40. The largest absolute Gasteiger partial charge is 0.462 e. The number of anilines is 3. The van der Waals surface area contributed by atoms with Crippen LogP contribution >= 0.6 is 0 Å². The zero-order chi connectivity index (χ0) is 40.5. The van der Waals surface area contributed by atoms with Crippen LogP contribution in [0.25, 0.3) is 0 Å². The normalized spacial score (nSPS) is 17.9. The molecule has 1 heterocycles. The van der Waals surface area contributed by atoms with Gasteiger partial charge in [-0.3, -0.25) is 20.7 Å². The van der Waals surface area contributed by atoms with Crippen molar-refractivity contribution in [3.8, 4) is 0 Å². The van der Waals surface area contributed by atoms with Gasteiger partial charge in [0.25, 0.3) is 5.91 Å². The first-order chi connectivity index (χ1) is 26.9. The van der Waals surface area contributed by atoms with Crippen molar-refractivity contribution in [2.75, 3.05) is 29.2 Å². The zero-order valence-electron chi connectivity index (χ0n) is 34.4. The Morgan fingerprint density at radius 1 is 0.571 bits per heavy atom. The van der Waals surface area contributed by atoms with Crippen molar-refractivity contribution in [2.24, 2.45) is 11.8 Å². The van der Waals surface area contributed by atoms with E-state index in [4.69, 9.17) is 9.47 Å². The summed E-state index contributed by atoms with van der Waals surface area (Å²) in [7, 11) is 0. The Morgan fingerprint density at radius 3 is 1.21 bits per heavy atom. The van der Waals surface area contributed by atoms with E-state index in [9.17, 15) is 14.4 Å². The molecule has 0 saturated carbocycles. The van der Waals surface area contributed by atoms with Crippen molar-refractivity contribution in [3.63, 3.8) is 0 Å². The average Bonchev–Trinajstić information content (AvgIpc) is 3.18. The maximum Gasteiger partial charge on any atom is 0.338 e. The molecule has 12 nitrogen and oxygen atoms in total. The fourth-order valence-corrected chi connectivity index (χ4v) is 6.28. The van der Waals surface area contributed by atoms with E-state index in [-0.39, 0.29) is 23.4 Å². The number of ether oxygens (including phenoxy) is 2. The summed E-state index contributed by atoms with van der Waals surface area (Å²) in [6.07, 6.45) is 7.31. The molecule has 0 aromatic heterocycles. The molecule has 4 atom stereocenters. The number of benzene rings is 3. The molecule has 306 valence electrons. The van der Waals surface area contributed by atoms with Crippen molar-refractivity contribution in [1.29, 1.82) is 0 Å². The quantitative estimate of drug-likeness (QED) is 0.0525. The minimum absolute atomic E-state index is 0.136. The van der Waals surface area contributed by atoms with Crippen LogP contribution in [0, 0.1) is 11.8 Å². The van der Waals surface area contributed by atoms with Crippen molar-refractivity contribution in [1.82, 2.24) is 21.3 Å². The Labute approximate surface area is 334 Å². The van der Waals surface area contributed by atoms with E-state index in [1.165, 1.54) is 0 Å². The van der Waals surface area contributed by atoms with E-state index < -0.39 is 18.9 Å². The lowest BCUT2D eigenvalue weighted by atomic mass is 10.0. The zero-order valence-corrected chi connectivity index (χ0v) is 34.4. The summed E-state index contributed by atoms with van der Waals surface area (Å²) in [5.74, 6) is -0.0327. The van der Waals surface area contributed by atoms with Crippen LogP contribution in [-0.4, -0.2) is 55.5 Å². The molecule has 1 saturated heterocycles. The second-order valence-corrected chi connectivity index (χ2v) is 15.7. The molecular formula is C44H65N7O5. The van der Waals surface area contributed by atoms with E-state index >= 15 is 0 Å². The lowest BCUT2D eigenvalue weighted by Crippen LogP contribution is -2.73. The highest BCUT2D eigenvalue weighted by Crippen LogP contribution is 2.19. The summed E-state index contributed by atoms with van der Waals surface area (Å²) in [6, 6.07) is 21.8. The molecular weight excluding hydrogens is 707 g/mol. The first-order valence-electron chi connectivity index (χ1n) is 20.4. The van der Waals surface area contributed by atoms with Crippen LogP contribution in [0.15, 0.2) is 72.8 Å². The molecule has 1 aliphatic heterocycles. The summed E-state index contributed by atoms with van der Waals surface area (Å²) < 4.78 is 11.3. The molecule has 0 spiro atoms. The molecule has 3 aromatic rings. The Hall–Kier alpha value is -4.65. The molecule has 7 N–H and O–H groups in total. The van der Waals surface area contributed by atoms with Crippen LogP contribution in [0.3, 0.4) is 0 Å². The number of unbranched alkanes of at least 4 members (excludes halogenated alkanes) is 2. The summed E-state index contributed by atoms with van der Waals surface area (Å²) in [5.41, 5.74) is 3.60. The summed E-state index contributed by atoms with van der Waals surface area (Å²) in [5, 5.41) is 23.8. The second-order valence-electron chi connectivity index (χ2n) is 15.7. The van der Waals surface area contributed by atoms with Gasteiger partial charge in [0.15, 0.2) is 0 Å². The predicted octanol–water partition coefficient (Wildman–Crippen LogP) is 8.23. The first-order valence-corrected chi connectivity index (χ1v) is 20.4. The molecule has 0 aliphatic carbocycles. The Bertz CT molecular complexity index is 1560. The first kappa shape index (κ1) is 44.1. The number of carbonyl (C=O) groups is 3. The second kappa shape index (κ2) is 22.2. The predicted molar refractivity (Wildman–Crippen MR) is 225 cm³/mol. The number of amides is 1. The van der Waals surface area contributed by atoms with Crippen molar-refractivity contribution in [2.45, 2.75) is 124 Å². The summed E-state index contributed by atoms with van der Waals surface area (Å²) >= 11 is 0. The highest BCUT2D eigenvalue weighted by Gasteiger charge is 2.27. The van der Waals surface area contributed by atoms with E-state index in [1.807, 2.05) is 57.2 Å². The Morgan fingerprint density at radius 2 is 0.911 bits per heavy atom. The third-order valence-electron chi connectivity index (χ3n) is 9.80. The molecule has 0 bridgehead atoms. The fourth-order valence-electron chi connectivity index (χ4n) is 6.28. The van der Waals surface area contributed by atoms with Gasteiger partial charge in [0.2, 0.25) is 0 Å². The van der Waals surface area contributed by atoms with Crippen LogP contribution in [-0.2, 0) is 9.47 Å². The SMILES string of the molecule is CCCCC(CC)COC(=O)c1ccc(NC2NC(Nc3ccc(C(=O)NC(C)(C)C)cc3)NC(Nc3ccc(C(=O)OCC(CC)CCCC)cc3)N2)cc1. The van der Waals surface area contributed by atoms with Crippen LogP contribution < -0.4 is 37.2 Å². The van der Waals surface area contributed by atoms with Gasteiger partial charge in [0, 0.05) is 28.2 Å². The van der Waals surface area contributed by atoms with Gasteiger partial charge in [0.05, 0.1) is 24.3 Å². The fraction of sp³-hybridized carbons (Fsp3) is 0.523. The smallest absolute Gasteiger partial charge is 0.338 e. The Kier molecular flexibility index (Phi) is 17.5. The number of esters is 2. The highest BCUT2D eigenvalue weighted by atomic mass is 16.5. The van der Waals surface area contributed by atoms with Gasteiger partial charge in [-0.15, -0.1) is 0 Å². The molecule has 1 aliphatic rings. The molecule has 0 radical (unpaired) electrons. The van der Waals surface area contributed by atoms with Crippen molar-refractivity contribution >= 4 is 34.9 Å². The van der Waals surface area contributed by atoms with Gasteiger partial charge < -0.3 is 30.7 Å². The van der Waals surface area contributed by atoms with Gasteiger partial charge in [-0.1, -0.05) is 66.2 Å². The monoisotopic (exact) mass is 772 g/mol. The van der Waals surface area contributed by atoms with E-state index in [1.54, 1.807) is 36.4 Å². The molecule has 3 aromatic carbocycles. The highest BCUT2D eigenvalue weighted by molar-refractivity contribution is 5.95. The molecule has 4 rings (SSSR count). The molecule has 1 fully saturated rings.